The van der Waals surface area contributed by atoms with Gasteiger partial charge in [-0.2, -0.15) is 9.61 Å². The highest BCUT2D eigenvalue weighted by atomic mass is 19.1. The number of anilines is 1. The minimum atomic E-state index is -0.408. The van der Waals surface area contributed by atoms with Gasteiger partial charge in [0.2, 0.25) is 0 Å². The molecule has 29 heavy (non-hydrogen) atoms. The molecule has 6 heteroatoms. The number of methoxy groups -OCH3 is 1. The fourth-order valence-corrected chi connectivity index (χ4v) is 3.43. The zero-order chi connectivity index (χ0) is 20.5. The van der Waals surface area contributed by atoms with Crippen molar-refractivity contribution in [3.05, 3.63) is 76.9 Å². The van der Waals surface area contributed by atoms with Crippen LogP contribution in [0.3, 0.4) is 0 Å². The van der Waals surface area contributed by atoms with Crippen LogP contribution in [0.15, 0.2) is 48.5 Å². The number of fused-ring (bicyclic) bond motifs is 1. The summed E-state index contributed by atoms with van der Waals surface area (Å²) in [6, 6.07) is 15.3. The summed E-state index contributed by atoms with van der Waals surface area (Å²) in [5, 5.41) is 8.12. The van der Waals surface area contributed by atoms with Crippen LogP contribution in [0.25, 0.3) is 16.8 Å². The average Bonchev–Trinajstić information content (AvgIpc) is 3.03. The zero-order valence-corrected chi connectivity index (χ0v) is 17.0. The number of ether oxygens (including phenoxy) is 1. The zero-order valence-electron chi connectivity index (χ0n) is 17.0. The molecule has 2 aromatic heterocycles. The van der Waals surface area contributed by atoms with Gasteiger partial charge in [0.15, 0.2) is 17.2 Å². The van der Waals surface area contributed by atoms with E-state index in [1.807, 2.05) is 26.0 Å². The first-order valence-electron chi connectivity index (χ1n) is 9.46. The first kappa shape index (κ1) is 18.9. The van der Waals surface area contributed by atoms with E-state index in [-0.39, 0.29) is 5.75 Å². The van der Waals surface area contributed by atoms with E-state index in [0.717, 1.165) is 28.3 Å². The van der Waals surface area contributed by atoms with Gasteiger partial charge >= 0.3 is 0 Å². The lowest BCUT2D eigenvalue weighted by Gasteiger charge is -2.10. The number of aryl methyl sites for hydroxylation is 3. The SMILES string of the molecule is COc1ccc(-c2c(C)nn3c(NCc4ccc(C)cc4)cc(C)nc23)cc1F. The van der Waals surface area contributed by atoms with Gasteiger partial charge in [-0.3, -0.25) is 0 Å². The highest BCUT2D eigenvalue weighted by Crippen LogP contribution is 2.32. The fraction of sp³-hybridized carbons (Fsp3) is 0.217. The highest BCUT2D eigenvalue weighted by Gasteiger charge is 2.17. The Kier molecular flexibility index (Phi) is 4.92. The molecule has 4 rings (SSSR count). The van der Waals surface area contributed by atoms with E-state index < -0.39 is 5.82 Å². The third-order valence-corrected chi connectivity index (χ3v) is 4.93. The highest BCUT2D eigenvalue weighted by molar-refractivity contribution is 5.81. The molecule has 0 aliphatic heterocycles. The lowest BCUT2D eigenvalue weighted by Crippen LogP contribution is -2.07. The lowest BCUT2D eigenvalue weighted by atomic mass is 10.1. The molecular formula is C23H23FN4O. The van der Waals surface area contributed by atoms with Crippen molar-refractivity contribution >= 4 is 11.5 Å². The molecule has 0 aliphatic rings. The Morgan fingerprint density at radius 1 is 1.03 bits per heavy atom. The minimum absolute atomic E-state index is 0.215. The smallest absolute Gasteiger partial charge is 0.165 e. The van der Waals surface area contributed by atoms with Crippen molar-refractivity contribution in [2.75, 3.05) is 12.4 Å². The van der Waals surface area contributed by atoms with Crippen LogP contribution in [0.2, 0.25) is 0 Å². The molecule has 2 aromatic carbocycles. The van der Waals surface area contributed by atoms with Crippen molar-refractivity contribution in [3.63, 3.8) is 0 Å². The van der Waals surface area contributed by atoms with Gasteiger partial charge < -0.3 is 10.1 Å². The lowest BCUT2D eigenvalue weighted by molar-refractivity contribution is 0.386. The summed E-state index contributed by atoms with van der Waals surface area (Å²) >= 11 is 0. The standard InChI is InChI=1S/C23H23FN4O/c1-14-5-7-17(8-6-14)13-25-21-11-15(2)26-23-22(16(3)27-28(21)23)18-9-10-20(29-4)19(24)12-18/h5-12,25H,13H2,1-4H3. The van der Waals surface area contributed by atoms with Crippen LogP contribution >= 0.6 is 0 Å². The van der Waals surface area contributed by atoms with Gasteiger partial charge in [-0.25, -0.2) is 9.37 Å². The second kappa shape index (κ2) is 7.54. The normalized spacial score (nSPS) is 11.1. The largest absolute Gasteiger partial charge is 0.494 e. The molecular weight excluding hydrogens is 367 g/mol. The number of rotatable bonds is 5. The fourth-order valence-electron chi connectivity index (χ4n) is 3.43. The average molecular weight is 390 g/mol. The van der Waals surface area contributed by atoms with Crippen LogP contribution in [-0.4, -0.2) is 21.7 Å². The van der Waals surface area contributed by atoms with Gasteiger partial charge in [0.05, 0.1) is 12.8 Å². The Morgan fingerprint density at radius 3 is 2.48 bits per heavy atom. The quantitative estimate of drug-likeness (QED) is 0.516. The molecule has 148 valence electrons. The number of benzene rings is 2. The number of nitrogens with zero attached hydrogens (tertiary/aromatic N) is 3. The Morgan fingerprint density at radius 2 is 1.79 bits per heavy atom. The Bertz CT molecular complexity index is 1180. The Balaban J connectivity index is 1.75. The van der Waals surface area contributed by atoms with Crippen LogP contribution in [-0.2, 0) is 6.54 Å². The van der Waals surface area contributed by atoms with Gasteiger partial charge in [-0.15, -0.1) is 0 Å². The van der Waals surface area contributed by atoms with Gasteiger partial charge in [0.1, 0.15) is 5.82 Å². The molecule has 0 bridgehead atoms. The first-order valence-corrected chi connectivity index (χ1v) is 9.46. The predicted molar refractivity (Wildman–Crippen MR) is 113 cm³/mol. The van der Waals surface area contributed by atoms with E-state index in [9.17, 15) is 4.39 Å². The van der Waals surface area contributed by atoms with Gasteiger partial charge in [-0.1, -0.05) is 35.9 Å². The van der Waals surface area contributed by atoms with Crippen molar-refractivity contribution in [2.45, 2.75) is 27.3 Å². The maximum atomic E-state index is 14.3. The summed E-state index contributed by atoms with van der Waals surface area (Å²) in [5.74, 6) is 0.651. The maximum absolute atomic E-state index is 14.3. The number of nitrogens with one attached hydrogen (secondary N) is 1. The summed E-state index contributed by atoms with van der Waals surface area (Å²) < 4.78 is 21.1. The monoisotopic (exact) mass is 390 g/mol. The molecule has 0 saturated carbocycles. The Labute approximate surface area is 169 Å². The van der Waals surface area contributed by atoms with E-state index in [1.54, 1.807) is 10.6 Å². The summed E-state index contributed by atoms with van der Waals surface area (Å²) in [6.07, 6.45) is 0. The molecule has 0 unspecified atom stereocenters. The van der Waals surface area contributed by atoms with Gasteiger partial charge in [0.25, 0.3) is 0 Å². The van der Waals surface area contributed by atoms with E-state index >= 15 is 0 Å². The molecule has 0 atom stereocenters. The van der Waals surface area contributed by atoms with Crippen LogP contribution in [0.4, 0.5) is 10.2 Å². The molecule has 1 N–H and O–H groups in total. The molecule has 4 aromatic rings. The van der Waals surface area contributed by atoms with Crippen molar-refractivity contribution in [1.29, 1.82) is 0 Å². The summed E-state index contributed by atoms with van der Waals surface area (Å²) in [4.78, 5) is 4.68. The van der Waals surface area contributed by atoms with E-state index in [1.165, 1.54) is 24.3 Å². The van der Waals surface area contributed by atoms with E-state index in [2.05, 4.69) is 46.6 Å². The van der Waals surface area contributed by atoms with E-state index in [4.69, 9.17) is 4.74 Å². The number of hydrogen-bond acceptors (Lipinski definition) is 4. The Hall–Kier alpha value is -3.41. The van der Waals surface area contributed by atoms with Crippen molar-refractivity contribution < 1.29 is 9.13 Å². The number of hydrogen-bond donors (Lipinski definition) is 1. The van der Waals surface area contributed by atoms with Gasteiger partial charge in [-0.05, 0) is 44.0 Å². The molecule has 2 heterocycles. The molecule has 0 fully saturated rings. The number of halogens is 1. The molecule has 0 amide bonds. The maximum Gasteiger partial charge on any atom is 0.165 e. The summed E-state index contributed by atoms with van der Waals surface area (Å²) in [7, 11) is 1.45. The molecule has 0 radical (unpaired) electrons. The number of aromatic nitrogens is 3. The van der Waals surface area contributed by atoms with E-state index in [0.29, 0.717) is 12.2 Å². The topological polar surface area (TPSA) is 51.5 Å². The van der Waals surface area contributed by atoms with Crippen LogP contribution in [0.5, 0.6) is 5.75 Å². The summed E-state index contributed by atoms with van der Waals surface area (Å²) in [5.41, 5.74) is 6.28. The first-order chi connectivity index (χ1) is 14.0. The second-order valence-electron chi connectivity index (χ2n) is 7.17. The second-order valence-corrected chi connectivity index (χ2v) is 7.17. The van der Waals surface area contributed by atoms with Crippen LogP contribution in [0.1, 0.15) is 22.5 Å². The van der Waals surface area contributed by atoms with Crippen LogP contribution in [0, 0.1) is 26.6 Å². The summed E-state index contributed by atoms with van der Waals surface area (Å²) in [6.45, 7) is 6.59. The van der Waals surface area contributed by atoms with Crippen molar-refractivity contribution in [2.24, 2.45) is 0 Å². The minimum Gasteiger partial charge on any atom is -0.494 e. The predicted octanol–water partition coefficient (Wildman–Crippen LogP) is 5.08. The molecule has 5 nitrogen and oxygen atoms in total. The van der Waals surface area contributed by atoms with Gasteiger partial charge in [0, 0.05) is 23.9 Å². The molecule has 0 spiro atoms. The van der Waals surface area contributed by atoms with Crippen LogP contribution < -0.4 is 10.1 Å². The third-order valence-electron chi connectivity index (χ3n) is 4.93. The van der Waals surface area contributed by atoms with Crippen molar-refractivity contribution in [3.8, 4) is 16.9 Å². The molecule has 0 aliphatic carbocycles. The van der Waals surface area contributed by atoms with Crippen molar-refractivity contribution in [1.82, 2.24) is 14.6 Å². The molecule has 0 saturated heterocycles. The third kappa shape index (κ3) is 3.66.